The first-order valence-electron chi connectivity index (χ1n) is 6.99. The summed E-state index contributed by atoms with van der Waals surface area (Å²) in [4.78, 5) is 8.11. The number of amidine groups is 1. The molecule has 0 amide bonds. The fraction of sp³-hybridized carbons (Fsp3) is 0. The van der Waals surface area contributed by atoms with Crippen molar-refractivity contribution in [1.29, 1.82) is 0 Å². The Morgan fingerprint density at radius 2 is 1.74 bits per heavy atom. The van der Waals surface area contributed by atoms with Crippen molar-refractivity contribution in [2.75, 3.05) is 0 Å². The predicted octanol–water partition coefficient (Wildman–Crippen LogP) is 3.55. The standard InChI is InChI=1S/C17H14N6/c18-17(16-6-1-2-9-20-16)22-23-21-15-5-3-4-14(12-15)13-7-10-19-11-8-13/h1-12H,(H2,18,21,22). The molecule has 0 atom stereocenters. The quantitative estimate of drug-likeness (QED) is 0.346. The van der Waals surface area contributed by atoms with Crippen LogP contribution in [-0.2, 0) is 0 Å². The number of hydrogen-bond donors (Lipinski definition) is 1. The topological polar surface area (TPSA) is 88.9 Å². The molecule has 1 aromatic carbocycles. The summed E-state index contributed by atoms with van der Waals surface area (Å²) in [5.74, 6) is 0.222. The highest BCUT2D eigenvalue weighted by atomic mass is 15.4. The number of pyridine rings is 2. The van der Waals surface area contributed by atoms with Gasteiger partial charge in [-0.25, -0.2) is 0 Å². The molecule has 23 heavy (non-hydrogen) atoms. The van der Waals surface area contributed by atoms with Crippen molar-refractivity contribution in [3.63, 3.8) is 0 Å². The van der Waals surface area contributed by atoms with Gasteiger partial charge in [-0.15, -0.1) is 10.2 Å². The summed E-state index contributed by atoms with van der Waals surface area (Å²) < 4.78 is 0. The Balaban J connectivity index is 1.78. The van der Waals surface area contributed by atoms with Crippen molar-refractivity contribution in [3.8, 4) is 11.1 Å². The van der Waals surface area contributed by atoms with E-state index >= 15 is 0 Å². The monoisotopic (exact) mass is 302 g/mol. The van der Waals surface area contributed by atoms with Crippen LogP contribution in [0.2, 0.25) is 0 Å². The molecule has 2 aromatic heterocycles. The van der Waals surface area contributed by atoms with E-state index < -0.39 is 0 Å². The Hall–Kier alpha value is -3.41. The van der Waals surface area contributed by atoms with Gasteiger partial charge in [-0.05, 0) is 52.7 Å². The first kappa shape index (κ1) is 14.5. The van der Waals surface area contributed by atoms with Gasteiger partial charge in [0.1, 0.15) is 5.69 Å². The largest absolute Gasteiger partial charge is 0.380 e. The maximum atomic E-state index is 5.81. The maximum Gasteiger partial charge on any atom is 0.173 e. The third-order valence-corrected chi connectivity index (χ3v) is 3.10. The van der Waals surface area contributed by atoms with Crippen LogP contribution >= 0.6 is 0 Å². The minimum Gasteiger partial charge on any atom is -0.380 e. The fourth-order valence-corrected chi connectivity index (χ4v) is 1.98. The molecule has 0 aliphatic heterocycles. The zero-order valence-corrected chi connectivity index (χ0v) is 12.2. The van der Waals surface area contributed by atoms with E-state index in [0.29, 0.717) is 11.4 Å². The molecule has 0 unspecified atom stereocenters. The molecule has 0 saturated heterocycles. The Morgan fingerprint density at radius 3 is 2.52 bits per heavy atom. The SMILES string of the molecule is N/C(=N\N=Nc1cccc(-c2ccncc2)c1)c1ccccn1. The van der Waals surface area contributed by atoms with Gasteiger partial charge in [0.25, 0.3) is 0 Å². The van der Waals surface area contributed by atoms with Gasteiger partial charge in [0.2, 0.25) is 0 Å². The first-order chi connectivity index (χ1) is 11.3. The van der Waals surface area contributed by atoms with Crippen molar-refractivity contribution in [2.24, 2.45) is 21.2 Å². The molecule has 2 heterocycles. The van der Waals surface area contributed by atoms with E-state index in [-0.39, 0.29) is 5.84 Å². The minimum atomic E-state index is 0.222. The molecule has 0 radical (unpaired) electrons. The van der Waals surface area contributed by atoms with Gasteiger partial charge in [0.05, 0.1) is 5.69 Å². The zero-order valence-electron chi connectivity index (χ0n) is 12.2. The van der Waals surface area contributed by atoms with Crippen LogP contribution in [-0.4, -0.2) is 15.8 Å². The Kier molecular flexibility index (Phi) is 4.44. The molecule has 0 aliphatic carbocycles. The lowest BCUT2D eigenvalue weighted by atomic mass is 10.1. The van der Waals surface area contributed by atoms with Crippen molar-refractivity contribution >= 4 is 11.5 Å². The summed E-state index contributed by atoms with van der Waals surface area (Å²) in [6.07, 6.45) is 5.15. The molecule has 6 nitrogen and oxygen atoms in total. The molecule has 0 bridgehead atoms. The van der Waals surface area contributed by atoms with Crippen LogP contribution in [0.4, 0.5) is 5.69 Å². The van der Waals surface area contributed by atoms with Crippen LogP contribution in [0.3, 0.4) is 0 Å². The number of aromatic nitrogens is 2. The minimum absolute atomic E-state index is 0.222. The van der Waals surface area contributed by atoms with Crippen LogP contribution in [0.25, 0.3) is 11.1 Å². The van der Waals surface area contributed by atoms with Crippen LogP contribution in [0.1, 0.15) is 5.69 Å². The van der Waals surface area contributed by atoms with Crippen molar-refractivity contribution in [2.45, 2.75) is 0 Å². The first-order valence-corrected chi connectivity index (χ1v) is 6.99. The summed E-state index contributed by atoms with van der Waals surface area (Å²) in [5.41, 5.74) is 9.16. The van der Waals surface area contributed by atoms with Crippen LogP contribution in [0.5, 0.6) is 0 Å². The van der Waals surface area contributed by atoms with E-state index in [2.05, 4.69) is 25.4 Å². The summed E-state index contributed by atoms with van der Waals surface area (Å²) in [5, 5.41) is 11.7. The second kappa shape index (κ2) is 7.04. The van der Waals surface area contributed by atoms with Gasteiger partial charge in [0.15, 0.2) is 5.84 Å². The predicted molar refractivity (Wildman–Crippen MR) is 89.2 cm³/mol. The van der Waals surface area contributed by atoms with Crippen molar-refractivity contribution in [1.82, 2.24) is 9.97 Å². The van der Waals surface area contributed by atoms with Gasteiger partial charge in [-0.1, -0.05) is 18.2 Å². The Labute approximate surface area is 133 Å². The Morgan fingerprint density at radius 1 is 0.870 bits per heavy atom. The van der Waals surface area contributed by atoms with Gasteiger partial charge in [-0.2, -0.15) is 0 Å². The molecule has 0 spiro atoms. The normalized spacial score (nSPS) is 11.7. The molecule has 0 fully saturated rings. The number of rotatable bonds is 4. The van der Waals surface area contributed by atoms with Gasteiger partial charge in [0, 0.05) is 18.6 Å². The molecule has 6 heteroatoms. The van der Waals surface area contributed by atoms with E-state index in [1.807, 2.05) is 48.5 Å². The maximum absolute atomic E-state index is 5.81. The fourth-order valence-electron chi connectivity index (χ4n) is 1.98. The molecule has 3 aromatic rings. The molecular formula is C17H14N6. The smallest absolute Gasteiger partial charge is 0.173 e. The molecule has 0 saturated carbocycles. The van der Waals surface area contributed by atoms with E-state index in [0.717, 1.165) is 11.1 Å². The lowest BCUT2D eigenvalue weighted by Gasteiger charge is -2.01. The molecule has 112 valence electrons. The van der Waals surface area contributed by atoms with Crippen molar-refractivity contribution < 1.29 is 0 Å². The molecule has 2 N–H and O–H groups in total. The van der Waals surface area contributed by atoms with Gasteiger partial charge >= 0.3 is 0 Å². The van der Waals surface area contributed by atoms with Crippen LogP contribution in [0.15, 0.2) is 88.6 Å². The van der Waals surface area contributed by atoms with E-state index in [9.17, 15) is 0 Å². The average molecular weight is 302 g/mol. The summed E-state index contributed by atoms with van der Waals surface area (Å²) in [7, 11) is 0. The van der Waals surface area contributed by atoms with Crippen LogP contribution in [0, 0.1) is 0 Å². The molecular weight excluding hydrogens is 288 g/mol. The second-order valence-electron chi connectivity index (χ2n) is 4.68. The van der Waals surface area contributed by atoms with Crippen LogP contribution < -0.4 is 5.73 Å². The summed E-state index contributed by atoms with van der Waals surface area (Å²) in [6.45, 7) is 0. The highest BCUT2D eigenvalue weighted by molar-refractivity contribution is 5.95. The third-order valence-electron chi connectivity index (χ3n) is 3.10. The second-order valence-corrected chi connectivity index (χ2v) is 4.68. The van der Waals surface area contributed by atoms with Gasteiger partial charge in [-0.3, -0.25) is 9.97 Å². The number of nitrogens with zero attached hydrogens (tertiary/aromatic N) is 5. The summed E-state index contributed by atoms with van der Waals surface area (Å²) in [6, 6.07) is 17.0. The number of nitrogens with two attached hydrogens (primary N) is 1. The van der Waals surface area contributed by atoms with Gasteiger partial charge < -0.3 is 5.73 Å². The lowest BCUT2D eigenvalue weighted by molar-refractivity contribution is 1.05. The third kappa shape index (κ3) is 3.82. The zero-order chi connectivity index (χ0) is 15.9. The molecule has 0 aliphatic rings. The van der Waals surface area contributed by atoms with E-state index in [1.165, 1.54) is 0 Å². The highest BCUT2D eigenvalue weighted by Gasteiger charge is 1.99. The summed E-state index contributed by atoms with van der Waals surface area (Å²) >= 11 is 0. The average Bonchev–Trinajstić information content (AvgIpc) is 2.63. The lowest BCUT2D eigenvalue weighted by Crippen LogP contribution is -2.13. The molecule has 3 rings (SSSR count). The highest BCUT2D eigenvalue weighted by Crippen LogP contribution is 2.23. The Bertz CT molecular complexity index is 828. The van der Waals surface area contributed by atoms with E-state index in [1.54, 1.807) is 24.7 Å². The number of benzene rings is 1. The van der Waals surface area contributed by atoms with E-state index in [4.69, 9.17) is 5.73 Å². The van der Waals surface area contributed by atoms with Crippen molar-refractivity contribution in [3.05, 3.63) is 78.9 Å². The number of hydrogen-bond acceptors (Lipinski definition) is 4.